The highest BCUT2D eigenvalue weighted by atomic mass is 19.4. The van der Waals surface area contributed by atoms with Gasteiger partial charge in [0, 0.05) is 29.9 Å². The molecule has 0 radical (unpaired) electrons. The third kappa shape index (κ3) is 5.21. The van der Waals surface area contributed by atoms with Crippen molar-refractivity contribution in [1.82, 2.24) is 9.97 Å². The predicted octanol–water partition coefficient (Wildman–Crippen LogP) is 4.51. The average Bonchev–Trinajstić information content (AvgIpc) is 3.21. The number of hydrogen-bond acceptors (Lipinski definition) is 5. The first-order valence-corrected chi connectivity index (χ1v) is 9.06. The third-order valence-corrected chi connectivity index (χ3v) is 4.74. The van der Waals surface area contributed by atoms with Crippen molar-refractivity contribution in [3.05, 3.63) is 47.4 Å². The van der Waals surface area contributed by atoms with Crippen LogP contribution in [0.15, 0.2) is 30.7 Å². The number of aromatic nitrogens is 2. The topological polar surface area (TPSA) is 61.3 Å². The Morgan fingerprint density at radius 1 is 1.18 bits per heavy atom. The van der Waals surface area contributed by atoms with E-state index < -0.39 is 12.8 Å². The highest BCUT2D eigenvalue weighted by molar-refractivity contribution is 5.97. The fraction of sp³-hybridized carbons (Fsp3) is 0.450. The molecule has 2 heterocycles. The fourth-order valence-corrected chi connectivity index (χ4v) is 3.38. The molecule has 8 heteroatoms. The summed E-state index contributed by atoms with van der Waals surface area (Å²) >= 11 is 0. The van der Waals surface area contributed by atoms with Gasteiger partial charge in [0.05, 0.1) is 13.3 Å². The standard InChI is InChI=1S/C20H21F3N2O3/c1-27-16-8-15(10-24-11-16)18(26)7-13-6-17(14-4-2-3-5-14)19(25-9-13)28-12-20(21,22)23/h6,8-11,14H,2-5,7,12H2,1H3. The number of ether oxygens (including phenoxy) is 2. The Morgan fingerprint density at radius 2 is 1.93 bits per heavy atom. The number of pyridine rings is 2. The van der Waals surface area contributed by atoms with Crippen molar-refractivity contribution < 1.29 is 27.4 Å². The van der Waals surface area contributed by atoms with Crippen molar-refractivity contribution in [1.29, 1.82) is 0 Å². The van der Waals surface area contributed by atoms with Crippen LogP contribution in [0.2, 0.25) is 0 Å². The SMILES string of the molecule is COc1cncc(C(=O)Cc2cnc(OCC(F)(F)F)c(C3CCCC3)c2)c1. The van der Waals surface area contributed by atoms with Crippen molar-refractivity contribution in [2.24, 2.45) is 0 Å². The Morgan fingerprint density at radius 3 is 2.61 bits per heavy atom. The molecule has 0 bridgehead atoms. The van der Waals surface area contributed by atoms with Gasteiger partial charge < -0.3 is 9.47 Å². The molecule has 0 N–H and O–H groups in total. The molecule has 1 saturated carbocycles. The summed E-state index contributed by atoms with van der Waals surface area (Å²) in [5.74, 6) is 0.411. The number of rotatable bonds is 7. The highest BCUT2D eigenvalue weighted by Gasteiger charge is 2.30. The minimum Gasteiger partial charge on any atom is -0.495 e. The van der Waals surface area contributed by atoms with Gasteiger partial charge in [0.15, 0.2) is 12.4 Å². The normalized spacial score (nSPS) is 14.9. The summed E-state index contributed by atoms with van der Waals surface area (Å²) in [6.45, 7) is -1.38. The number of Topliss-reactive ketones (excluding diaryl/α,β-unsaturated/α-hetero) is 1. The van der Waals surface area contributed by atoms with Crippen LogP contribution in [0.4, 0.5) is 13.2 Å². The second-order valence-corrected chi connectivity index (χ2v) is 6.84. The lowest BCUT2D eigenvalue weighted by molar-refractivity contribution is -0.154. The lowest BCUT2D eigenvalue weighted by Gasteiger charge is -2.17. The van der Waals surface area contributed by atoms with E-state index in [2.05, 4.69) is 9.97 Å². The van der Waals surface area contributed by atoms with Gasteiger partial charge in [-0.2, -0.15) is 13.2 Å². The van der Waals surface area contributed by atoms with Gasteiger partial charge >= 0.3 is 6.18 Å². The summed E-state index contributed by atoms with van der Waals surface area (Å²) in [6.07, 6.45) is 3.78. The van der Waals surface area contributed by atoms with Crippen LogP contribution in [0.5, 0.6) is 11.6 Å². The molecule has 0 unspecified atom stereocenters. The zero-order chi connectivity index (χ0) is 20.1. The van der Waals surface area contributed by atoms with Crippen molar-refractivity contribution in [3.8, 4) is 11.6 Å². The van der Waals surface area contributed by atoms with E-state index in [9.17, 15) is 18.0 Å². The predicted molar refractivity (Wildman–Crippen MR) is 95.8 cm³/mol. The molecule has 0 aliphatic heterocycles. The Hall–Kier alpha value is -2.64. The van der Waals surface area contributed by atoms with Crippen LogP contribution in [-0.4, -0.2) is 35.6 Å². The smallest absolute Gasteiger partial charge is 0.422 e. The molecule has 0 atom stereocenters. The molecule has 3 rings (SSSR count). The first-order valence-electron chi connectivity index (χ1n) is 9.06. The van der Waals surface area contributed by atoms with Crippen LogP contribution < -0.4 is 9.47 Å². The largest absolute Gasteiger partial charge is 0.495 e. The molecule has 0 saturated heterocycles. The fourth-order valence-electron chi connectivity index (χ4n) is 3.38. The zero-order valence-electron chi connectivity index (χ0n) is 15.5. The van der Waals surface area contributed by atoms with Crippen LogP contribution >= 0.6 is 0 Å². The molecule has 2 aromatic rings. The minimum atomic E-state index is -4.43. The van der Waals surface area contributed by atoms with Crippen LogP contribution in [0.25, 0.3) is 0 Å². The Labute approximate surface area is 160 Å². The van der Waals surface area contributed by atoms with Gasteiger partial charge in [-0.05, 0) is 36.5 Å². The molecule has 1 aliphatic carbocycles. The van der Waals surface area contributed by atoms with Crippen molar-refractivity contribution in [2.75, 3.05) is 13.7 Å². The maximum absolute atomic E-state index is 12.6. The number of nitrogens with zero attached hydrogens (tertiary/aromatic N) is 2. The van der Waals surface area contributed by atoms with Crippen molar-refractivity contribution >= 4 is 5.78 Å². The quantitative estimate of drug-likeness (QED) is 0.647. The summed E-state index contributed by atoms with van der Waals surface area (Å²) in [4.78, 5) is 20.6. The molecule has 2 aromatic heterocycles. The van der Waals surface area contributed by atoms with Crippen LogP contribution in [0.3, 0.4) is 0 Å². The molecular formula is C20H21F3N2O3. The second-order valence-electron chi connectivity index (χ2n) is 6.84. The second kappa shape index (κ2) is 8.58. The Bertz CT molecular complexity index is 834. The maximum Gasteiger partial charge on any atom is 0.422 e. The van der Waals surface area contributed by atoms with Crippen LogP contribution in [-0.2, 0) is 6.42 Å². The number of hydrogen-bond donors (Lipinski definition) is 0. The first kappa shape index (κ1) is 20.1. The first-order chi connectivity index (χ1) is 13.4. The molecule has 28 heavy (non-hydrogen) atoms. The summed E-state index contributed by atoms with van der Waals surface area (Å²) in [5.41, 5.74) is 1.68. The highest BCUT2D eigenvalue weighted by Crippen LogP contribution is 2.38. The van der Waals surface area contributed by atoms with Gasteiger partial charge in [0.25, 0.3) is 0 Å². The lowest BCUT2D eigenvalue weighted by atomic mass is 9.95. The van der Waals surface area contributed by atoms with Crippen LogP contribution in [0.1, 0.15) is 53.1 Å². The molecule has 0 aromatic carbocycles. The molecule has 5 nitrogen and oxygen atoms in total. The molecule has 0 spiro atoms. The van der Waals surface area contributed by atoms with E-state index in [1.165, 1.54) is 25.7 Å². The summed E-state index contributed by atoms with van der Waals surface area (Å²) < 4.78 is 47.6. The van der Waals surface area contributed by atoms with Gasteiger partial charge in [-0.3, -0.25) is 9.78 Å². The zero-order valence-corrected chi connectivity index (χ0v) is 15.5. The van der Waals surface area contributed by atoms with Gasteiger partial charge in [-0.25, -0.2) is 4.98 Å². The van der Waals surface area contributed by atoms with Gasteiger partial charge in [-0.15, -0.1) is 0 Å². The van der Waals surface area contributed by atoms with E-state index >= 15 is 0 Å². The van der Waals surface area contributed by atoms with E-state index in [0.717, 1.165) is 25.7 Å². The number of ketones is 1. The number of carbonyl (C=O) groups is 1. The number of halogens is 3. The Kier molecular flexibility index (Phi) is 6.16. The molecule has 0 amide bonds. The van der Waals surface area contributed by atoms with Gasteiger partial charge in [0.1, 0.15) is 5.75 Å². The van der Waals surface area contributed by atoms with E-state index in [1.54, 1.807) is 12.1 Å². The lowest BCUT2D eigenvalue weighted by Crippen LogP contribution is -2.20. The summed E-state index contributed by atoms with van der Waals surface area (Å²) in [7, 11) is 1.49. The van der Waals surface area contributed by atoms with E-state index in [0.29, 0.717) is 22.4 Å². The number of methoxy groups -OCH3 is 1. The van der Waals surface area contributed by atoms with Gasteiger partial charge in [-0.1, -0.05) is 12.8 Å². The van der Waals surface area contributed by atoms with E-state index in [1.807, 2.05) is 0 Å². The summed E-state index contributed by atoms with van der Waals surface area (Å²) in [5, 5.41) is 0. The molecule has 1 fully saturated rings. The van der Waals surface area contributed by atoms with E-state index in [4.69, 9.17) is 9.47 Å². The number of carbonyl (C=O) groups excluding carboxylic acids is 1. The molecule has 1 aliphatic rings. The van der Waals surface area contributed by atoms with Gasteiger partial charge in [0.2, 0.25) is 5.88 Å². The Balaban J connectivity index is 1.81. The number of alkyl halides is 3. The van der Waals surface area contributed by atoms with E-state index in [-0.39, 0.29) is 24.0 Å². The summed E-state index contributed by atoms with van der Waals surface area (Å²) in [6, 6.07) is 3.35. The minimum absolute atomic E-state index is 0.00321. The third-order valence-electron chi connectivity index (χ3n) is 4.74. The molecular weight excluding hydrogens is 373 g/mol. The van der Waals surface area contributed by atoms with Crippen LogP contribution in [0, 0.1) is 0 Å². The monoisotopic (exact) mass is 394 g/mol. The van der Waals surface area contributed by atoms with Crippen molar-refractivity contribution in [3.63, 3.8) is 0 Å². The van der Waals surface area contributed by atoms with Crippen molar-refractivity contribution in [2.45, 2.75) is 44.2 Å². The molecule has 150 valence electrons. The maximum atomic E-state index is 12.6. The average molecular weight is 394 g/mol.